The zero-order chi connectivity index (χ0) is 19.9. The van der Waals surface area contributed by atoms with E-state index in [0.29, 0.717) is 5.15 Å². The van der Waals surface area contributed by atoms with Crippen LogP contribution in [0.5, 0.6) is 0 Å². The van der Waals surface area contributed by atoms with Crippen molar-refractivity contribution in [3.63, 3.8) is 0 Å². The lowest BCUT2D eigenvalue weighted by Crippen LogP contribution is -2.60. The number of piperazine rings is 1. The number of benzene rings is 1. The molecule has 0 bridgehead atoms. The van der Waals surface area contributed by atoms with E-state index < -0.39 is 0 Å². The number of anilines is 1. The molecule has 0 saturated carbocycles. The minimum Gasteiger partial charge on any atom is -0.322 e. The summed E-state index contributed by atoms with van der Waals surface area (Å²) in [7, 11) is 2.19. The summed E-state index contributed by atoms with van der Waals surface area (Å²) in [5.74, 6) is 0.725. The van der Waals surface area contributed by atoms with E-state index in [2.05, 4.69) is 69.0 Å². The van der Waals surface area contributed by atoms with Gasteiger partial charge in [-0.1, -0.05) is 55.3 Å². The van der Waals surface area contributed by atoms with E-state index in [4.69, 9.17) is 11.6 Å². The lowest BCUT2D eigenvalue weighted by Gasteiger charge is -2.45. The maximum atomic E-state index is 6.38. The van der Waals surface area contributed by atoms with Crippen LogP contribution in [0, 0.1) is 0 Å². The smallest absolute Gasteiger partial charge is 0.228 e. The summed E-state index contributed by atoms with van der Waals surface area (Å²) in [6.45, 7) is 7.20. The minimum atomic E-state index is 0.210. The van der Waals surface area contributed by atoms with Crippen LogP contribution < -0.4 is 4.90 Å². The molecular weight excluding hydrogens is 390 g/mol. The highest BCUT2D eigenvalue weighted by Gasteiger charge is 2.31. The Kier molecular flexibility index (Phi) is 7.97. The van der Waals surface area contributed by atoms with E-state index in [1.807, 2.05) is 12.5 Å². The van der Waals surface area contributed by atoms with Gasteiger partial charge in [0.2, 0.25) is 5.95 Å². The molecule has 1 unspecified atom stereocenters. The highest BCUT2D eigenvalue weighted by atomic mass is 35.5. The average Bonchev–Trinajstić information content (AvgIpc) is 2.72. The molecule has 0 aliphatic carbocycles. The number of likely N-dealkylation sites (N-methyl/N-ethyl adjacent to an activating group) is 1. The predicted molar refractivity (Wildman–Crippen MR) is 119 cm³/mol. The molecule has 0 spiro atoms. The van der Waals surface area contributed by atoms with Gasteiger partial charge in [-0.25, -0.2) is 4.98 Å². The second-order valence-corrected chi connectivity index (χ2v) is 8.46. The molecule has 1 aliphatic heterocycles. The van der Waals surface area contributed by atoms with Gasteiger partial charge in [0, 0.05) is 32.4 Å². The lowest BCUT2D eigenvalue weighted by atomic mass is 10.2. The number of hydrogen-bond donors (Lipinski definition) is 0. The van der Waals surface area contributed by atoms with Crippen LogP contribution >= 0.6 is 23.4 Å². The van der Waals surface area contributed by atoms with E-state index in [0.717, 1.165) is 43.6 Å². The number of rotatable bonds is 8. The van der Waals surface area contributed by atoms with E-state index >= 15 is 0 Å². The van der Waals surface area contributed by atoms with Crippen molar-refractivity contribution in [2.24, 2.45) is 0 Å². The number of unbranched alkanes of at least 4 members (excludes halogenated alkanes) is 1. The highest BCUT2D eigenvalue weighted by Crippen LogP contribution is 2.27. The van der Waals surface area contributed by atoms with Crippen LogP contribution in [0.3, 0.4) is 0 Å². The molecule has 28 heavy (non-hydrogen) atoms. The Balaban J connectivity index is 1.81. The molecule has 0 radical (unpaired) electrons. The predicted octanol–water partition coefficient (Wildman–Crippen LogP) is 4.23. The first-order valence-corrected chi connectivity index (χ1v) is 11.5. The standard InChI is InChI=1S/C21H30ClN5S/c1-4-5-11-26-12-13-27(21-23-14-18(28-3)20(22)24-21)19(16-26)25(2)15-17-9-7-6-8-10-17/h6-10,14,19H,4-5,11-13,15-16H2,1-3H3. The van der Waals surface area contributed by atoms with E-state index in [1.165, 1.54) is 18.4 Å². The van der Waals surface area contributed by atoms with Gasteiger partial charge in [0.1, 0.15) is 5.15 Å². The average molecular weight is 420 g/mol. The zero-order valence-corrected chi connectivity index (χ0v) is 18.6. The van der Waals surface area contributed by atoms with Crippen LogP contribution in [-0.2, 0) is 6.54 Å². The summed E-state index contributed by atoms with van der Waals surface area (Å²) in [5.41, 5.74) is 1.31. The number of thioether (sulfide) groups is 1. The van der Waals surface area contributed by atoms with Crippen molar-refractivity contribution in [3.8, 4) is 0 Å². The van der Waals surface area contributed by atoms with Crippen LogP contribution in [0.15, 0.2) is 41.4 Å². The fourth-order valence-electron chi connectivity index (χ4n) is 3.61. The zero-order valence-electron chi connectivity index (χ0n) is 17.0. The Labute approximate surface area is 178 Å². The summed E-state index contributed by atoms with van der Waals surface area (Å²) in [6, 6.07) is 10.6. The third-order valence-corrected chi connectivity index (χ3v) is 6.36. The molecule has 152 valence electrons. The van der Waals surface area contributed by atoms with Crippen LogP contribution in [-0.4, -0.2) is 65.4 Å². The first kappa shape index (κ1) is 21.4. The number of aromatic nitrogens is 2. The number of nitrogens with zero attached hydrogens (tertiary/aromatic N) is 5. The maximum absolute atomic E-state index is 6.38. The molecule has 0 N–H and O–H groups in total. The molecule has 1 saturated heterocycles. The number of hydrogen-bond acceptors (Lipinski definition) is 6. The van der Waals surface area contributed by atoms with Gasteiger partial charge in [0.25, 0.3) is 0 Å². The Bertz CT molecular complexity index is 745. The Morgan fingerprint density at radius 2 is 2.04 bits per heavy atom. The molecule has 5 nitrogen and oxygen atoms in total. The molecule has 2 heterocycles. The number of halogens is 1. The molecular formula is C21H30ClN5S. The van der Waals surface area contributed by atoms with E-state index in [1.54, 1.807) is 11.8 Å². The Morgan fingerprint density at radius 1 is 1.25 bits per heavy atom. The van der Waals surface area contributed by atoms with Crippen molar-refractivity contribution >= 4 is 29.3 Å². The molecule has 1 aliphatic rings. The van der Waals surface area contributed by atoms with E-state index in [9.17, 15) is 0 Å². The van der Waals surface area contributed by atoms with Crippen molar-refractivity contribution in [1.82, 2.24) is 19.8 Å². The summed E-state index contributed by atoms with van der Waals surface area (Å²) < 4.78 is 0. The van der Waals surface area contributed by atoms with Gasteiger partial charge in [0.05, 0.1) is 11.1 Å². The molecule has 0 amide bonds. The molecule has 2 aromatic rings. The van der Waals surface area contributed by atoms with Crippen molar-refractivity contribution in [3.05, 3.63) is 47.2 Å². The van der Waals surface area contributed by atoms with Gasteiger partial charge < -0.3 is 4.90 Å². The molecule has 1 fully saturated rings. The second-order valence-electron chi connectivity index (χ2n) is 7.26. The van der Waals surface area contributed by atoms with Gasteiger partial charge in [-0.2, -0.15) is 4.98 Å². The van der Waals surface area contributed by atoms with Crippen LogP contribution in [0.4, 0.5) is 5.95 Å². The summed E-state index contributed by atoms with van der Waals surface area (Å²) in [5, 5.41) is 0.537. The van der Waals surface area contributed by atoms with Crippen molar-refractivity contribution < 1.29 is 0 Å². The Morgan fingerprint density at radius 3 is 2.71 bits per heavy atom. The third-order valence-electron chi connectivity index (χ3n) is 5.23. The third kappa shape index (κ3) is 5.38. The van der Waals surface area contributed by atoms with Gasteiger partial charge >= 0.3 is 0 Å². The fraction of sp³-hybridized carbons (Fsp3) is 0.524. The minimum absolute atomic E-state index is 0.210. The van der Waals surface area contributed by atoms with Crippen molar-refractivity contribution in [2.75, 3.05) is 44.4 Å². The molecule has 1 aromatic heterocycles. The SMILES string of the molecule is CCCCN1CCN(c2ncc(SC)c(Cl)n2)C(N(C)Cc2ccccc2)C1. The van der Waals surface area contributed by atoms with E-state index in [-0.39, 0.29) is 6.17 Å². The summed E-state index contributed by atoms with van der Waals surface area (Å²) in [6.07, 6.45) is 6.50. The van der Waals surface area contributed by atoms with Gasteiger partial charge in [0.15, 0.2) is 0 Å². The van der Waals surface area contributed by atoms with Gasteiger partial charge in [-0.05, 0) is 31.8 Å². The molecule has 7 heteroatoms. The summed E-state index contributed by atoms with van der Waals surface area (Å²) in [4.78, 5) is 17.4. The van der Waals surface area contributed by atoms with Crippen LogP contribution in [0.2, 0.25) is 5.15 Å². The van der Waals surface area contributed by atoms with Crippen LogP contribution in [0.25, 0.3) is 0 Å². The van der Waals surface area contributed by atoms with Crippen LogP contribution in [0.1, 0.15) is 25.3 Å². The van der Waals surface area contributed by atoms with Crippen molar-refractivity contribution in [2.45, 2.75) is 37.4 Å². The topological polar surface area (TPSA) is 35.5 Å². The first-order valence-electron chi connectivity index (χ1n) is 9.92. The second kappa shape index (κ2) is 10.4. The molecule has 1 aromatic carbocycles. The lowest BCUT2D eigenvalue weighted by molar-refractivity contribution is 0.121. The monoisotopic (exact) mass is 419 g/mol. The fourth-order valence-corrected chi connectivity index (χ4v) is 4.34. The summed E-state index contributed by atoms with van der Waals surface area (Å²) >= 11 is 7.96. The van der Waals surface area contributed by atoms with Crippen molar-refractivity contribution in [1.29, 1.82) is 0 Å². The van der Waals surface area contributed by atoms with Gasteiger partial charge in [-0.3, -0.25) is 9.80 Å². The molecule has 1 atom stereocenters. The quantitative estimate of drug-likeness (QED) is 0.470. The maximum Gasteiger partial charge on any atom is 0.228 e. The normalized spacial score (nSPS) is 18.0. The highest BCUT2D eigenvalue weighted by molar-refractivity contribution is 7.98. The first-order chi connectivity index (χ1) is 13.6. The largest absolute Gasteiger partial charge is 0.322 e. The molecule has 3 rings (SSSR count). The van der Waals surface area contributed by atoms with Gasteiger partial charge in [-0.15, -0.1) is 11.8 Å². The Hall–Kier alpha value is -1.34.